The highest BCUT2D eigenvalue weighted by molar-refractivity contribution is 6.01. The first-order chi connectivity index (χ1) is 11.9. The van der Waals surface area contributed by atoms with Gasteiger partial charge in [0.25, 0.3) is 0 Å². The summed E-state index contributed by atoms with van der Waals surface area (Å²) in [6.07, 6.45) is 0.337. The molecule has 0 aromatic heterocycles. The van der Waals surface area contributed by atoms with Gasteiger partial charge in [-0.3, -0.25) is 9.59 Å². The predicted molar refractivity (Wildman–Crippen MR) is 84.0 cm³/mol. The van der Waals surface area contributed by atoms with Gasteiger partial charge >= 0.3 is 5.97 Å². The average molecular weight is 352 g/mol. The van der Waals surface area contributed by atoms with E-state index in [2.05, 4.69) is 10.5 Å². The van der Waals surface area contributed by atoms with Crippen LogP contribution in [0.3, 0.4) is 0 Å². The molecule has 0 saturated carbocycles. The molecule has 25 heavy (non-hydrogen) atoms. The average Bonchev–Trinajstić information content (AvgIpc) is 3.01. The first-order valence-electron chi connectivity index (χ1n) is 8.06. The molecule has 0 bridgehead atoms. The molecule has 8 heteroatoms. The Hall–Kier alpha value is -2.51. The maximum atomic E-state index is 14.5. The summed E-state index contributed by atoms with van der Waals surface area (Å²) >= 11 is 0. The van der Waals surface area contributed by atoms with Gasteiger partial charge < -0.3 is 14.9 Å². The van der Waals surface area contributed by atoms with E-state index in [1.807, 2.05) is 0 Å². The lowest BCUT2D eigenvalue weighted by Crippen LogP contribution is -2.30. The third-order valence-electron chi connectivity index (χ3n) is 4.27. The van der Waals surface area contributed by atoms with Crippen LogP contribution in [0.15, 0.2) is 17.3 Å². The normalized spacial score (nSPS) is 22.8. The number of oxime groups is 1. The number of hydrogen-bond acceptors (Lipinski definition) is 5. The Morgan fingerprint density at radius 1 is 1.32 bits per heavy atom. The van der Waals surface area contributed by atoms with Crippen molar-refractivity contribution in [3.05, 3.63) is 34.9 Å². The number of hydrogen-bond donors (Lipinski definition) is 1. The van der Waals surface area contributed by atoms with Crippen LogP contribution in [-0.4, -0.2) is 36.8 Å². The van der Waals surface area contributed by atoms with E-state index in [9.17, 15) is 18.4 Å². The van der Waals surface area contributed by atoms with Crippen molar-refractivity contribution < 1.29 is 27.9 Å². The summed E-state index contributed by atoms with van der Waals surface area (Å²) in [5, 5.41) is 6.47. The Morgan fingerprint density at radius 3 is 2.68 bits per heavy atom. The molecule has 2 unspecified atom stereocenters. The van der Waals surface area contributed by atoms with Crippen molar-refractivity contribution in [2.75, 3.05) is 13.2 Å². The third kappa shape index (κ3) is 3.94. The highest BCUT2D eigenvalue weighted by Crippen LogP contribution is 2.32. The molecule has 3 rings (SSSR count). The van der Waals surface area contributed by atoms with Gasteiger partial charge in [0.05, 0.1) is 25.3 Å². The fourth-order valence-corrected chi connectivity index (χ4v) is 3.03. The second kappa shape index (κ2) is 7.16. The van der Waals surface area contributed by atoms with Crippen molar-refractivity contribution in [1.82, 2.24) is 5.32 Å². The van der Waals surface area contributed by atoms with Crippen LogP contribution in [-0.2, 0) is 19.2 Å². The van der Waals surface area contributed by atoms with Gasteiger partial charge in [-0.05, 0) is 18.6 Å². The summed E-state index contributed by atoms with van der Waals surface area (Å²) in [7, 11) is 0. The Labute approximate surface area is 143 Å². The maximum absolute atomic E-state index is 14.5. The summed E-state index contributed by atoms with van der Waals surface area (Å²) in [4.78, 5) is 27.5. The monoisotopic (exact) mass is 352 g/mol. The first kappa shape index (κ1) is 17.3. The predicted octanol–water partition coefficient (Wildman–Crippen LogP) is 2.01. The molecule has 6 nitrogen and oxygen atoms in total. The van der Waals surface area contributed by atoms with Crippen LogP contribution in [0.5, 0.6) is 0 Å². The van der Waals surface area contributed by atoms with E-state index in [1.165, 1.54) is 19.1 Å². The molecule has 134 valence electrons. The van der Waals surface area contributed by atoms with E-state index in [1.54, 1.807) is 0 Å². The van der Waals surface area contributed by atoms with Crippen LogP contribution in [0.4, 0.5) is 8.78 Å². The second-order valence-electron chi connectivity index (χ2n) is 6.17. The molecule has 1 saturated heterocycles. The Morgan fingerprint density at radius 2 is 2.04 bits per heavy atom. The number of halogens is 2. The molecule has 2 aliphatic heterocycles. The van der Waals surface area contributed by atoms with Gasteiger partial charge in [0, 0.05) is 30.4 Å². The highest BCUT2D eigenvalue weighted by Gasteiger charge is 2.29. The Balaban J connectivity index is 1.74. The molecule has 0 radical (unpaired) electrons. The molecular formula is C17H18F2N2O4. The van der Waals surface area contributed by atoms with Crippen LogP contribution in [0.1, 0.15) is 43.2 Å². The maximum Gasteiger partial charge on any atom is 0.306 e. The van der Waals surface area contributed by atoms with Gasteiger partial charge in [-0.15, -0.1) is 0 Å². The Bertz CT molecular complexity index is 712. The SMILES string of the molecule is CC(=O)NCC1CC(c2cc(F)c(C3CCOC(=O)C3)c(F)c2)=NO1. The molecule has 0 aliphatic carbocycles. The fraction of sp³-hybridized carbons (Fsp3) is 0.471. The summed E-state index contributed by atoms with van der Waals surface area (Å²) in [6.45, 7) is 1.83. The van der Waals surface area contributed by atoms with Crippen LogP contribution in [0.25, 0.3) is 0 Å². The van der Waals surface area contributed by atoms with Crippen molar-refractivity contribution in [2.24, 2.45) is 5.16 Å². The van der Waals surface area contributed by atoms with Crippen molar-refractivity contribution in [3.63, 3.8) is 0 Å². The van der Waals surface area contributed by atoms with Crippen LogP contribution < -0.4 is 5.32 Å². The van der Waals surface area contributed by atoms with Crippen molar-refractivity contribution in [3.8, 4) is 0 Å². The van der Waals surface area contributed by atoms with E-state index in [0.717, 1.165) is 0 Å². The zero-order chi connectivity index (χ0) is 18.0. The number of rotatable bonds is 4. The van der Waals surface area contributed by atoms with Gasteiger partial charge in [0.15, 0.2) is 0 Å². The van der Waals surface area contributed by atoms with Gasteiger partial charge in [0.2, 0.25) is 5.91 Å². The lowest BCUT2D eigenvalue weighted by Gasteiger charge is -2.22. The van der Waals surface area contributed by atoms with Crippen LogP contribution >= 0.6 is 0 Å². The van der Waals surface area contributed by atoms with E-state index in [4.69, 9.17) is 9.57 Å². The first-order valence-corrected chi connectivity index (χ1v) is 8.06. The summed E-state index contributed by atoms with van der Waals surface area (Å²) < 4.78 is 33.8. The van der Waals surface area contributed by atoms with Crippen LogP contribution in [0, 0.1) is 11.6 Å². The minimum Gasteiger partial charge on any atom is -0.466 e. The van der Waals surface area contributed by atoms with Crippen LogP contribution in [0.2, 0.25) is 0 Å². The highest BCUT2D eigenvalue weighted by atomic mass is 19.1. The number of nitrogens with one attached hydrogen (secondary N) is 1. The van der Waals surface area contributed by atoms with E-state index in [0.29, 0.717) is 24.1 Å². The minimum absolute atomic E-state index is 0.0317. The number of carbonyl (C=O) groups excluding carboxylic acids is 2. The number of esters is 1. The Kier molecular flexibility index (Phi) is 4.96. The third-order valence-corrected chi connectivity index (χ3v) is 4.27. The van der Waals surface area contributed by atoms with E-state index >= 15 is 0 Å². The van der Waals surface area contributed by atoms with Crippen molar-refractivity contribution in [1.29, 1.82) is 0 Å². The molecule has 2 atom stereocenters. The molecule has 1 aromatic rings. The number of amides is 1. The van der Waals surface area contributed by atoms with Gasteiger partial charge in [-0.1, -0.05) is 5.16 Å². The summed E-state index contributed by atoms with van der Waals surface area (Å²) in [5.41, 5.74) is 0.625. The molecule has 1 aromatic carbocycles. The lowest BCUT2D eigenvalue weighted by molar-refractivity contribution is -0.147. The molecular weight excluding hydrogens is 334 g/mol. The summed E-state index contributed by atoms with van der Waals surface area (Å²) in [5.74, 6) is -2.58. The van der Waals surface area contributed by atoms with E-state index in [-0.39, 0.29) is 37.1 Å². The van der Waals surface area contributed by atoms with Gasteiger partial charge in [0.1, 0.15) is 17.7 Å². The number of cyclic esters (lactones) is 1. The number of ether oxygens (including phenoxy) is 1. The molecule has 1 N–H and O–H groups in total. The van der Waals surface area contributed by atoms with Gasteiger partial charge in [-0.2, -0.15) is 0 Å². The van der Waals surface area contributed by atoms with Gasteiger partial charge in [-0.25, -0.2) is 8.78 Å². The minimum atomic E-state index is -0.706. The van der Waals surface area contributed by atoms with Crippen molar-refractivity contribution in [2.45, 2.75) is 38.2 Å². The fourth-order valence-electron chi connectivity index (χ4n) is 3.03. The van der Waals surface area contributed by atoms with Crippen molar-refractivity contribution >= 4 is 17.6 Å². The molecule has 1 fully saturated rings. The second-order valence-corrected chi connectivity index (χ2v) is 6.17. The molecule has 1 amide bonds. The molecule has 2 aliphatic rings. The number of carbonyl (C=O) groups is 2. The topological polar surface area (TPSA) is 77.0 Å². The molecule has 0 spiro atoms. The zero-order valence-corrected chi connectivity index (χ0v) is 13.7. The number of benzene rings is 1. The number of nitrogens with zero attached hydrogens (tertiary/aromatic N) is 1. The standard InChI is InChI=1S/C17H18F2N2O4/c1-9(22)20-8-12-7-15(21-25-12)11-4-13(18)17(14(19)5-11)10-2-3-24-16(23)6-10/h4-5,10,12H,2-3,6-8H2,1H3,(H,20,22). The smallest absolute Gasteiger partial charge is 0.306 e. The largest absolute Gasteiger partial charge is 0.466 e. The lowest BCUT2D eigenvalue weighted by atomic mass is 9.89. The molecule has 2 heterocycles. The quantitative estimate of drug-likeness (QED) is 0.841. The van der Waals surface area contributed by atoms with E-state index < -0.39 is 23.5 Å². The summed E-state index contributed by atoms with van der Waals surface area (Å²) in [6, 6.07) is 2.42. The zero-order valence-electron chi connectivity index (χ0n) is 13.7.